The molecule has 0 atom stereocenters. The first-order chi connectivity index (χ1) is 9.42. The summed E-state index contributed by atoms with van der Waals surface area (Å²) < 4.78 is 2.44. The fraction of sp³-hybridized carbons (Fsp3) is 0.500. The number of hydrogen-bond acceptors (Lipinski definition) is 3. The fourth-order valence-electron chi connectivity index (χ4n) is 2.15. The molecule has 0 spiro atoms. The minimum absolute atomic E-state index is 0.0721. The number of nitrogens with zero attached hydrogens (tertiary/aromatic N) is 3. The van der Waals surface area contributed by atoms with Crippen LogP contribution in [0.4, 0.5) is 0 Å². The Morgan fingerprint density at radius 3 is 2.70 bits per heavy atom. The van der Waals surface area contributed by atoms with Crippen molar-refractivity contribution >= 4 is 22.6 Å². The van der Waals surface area contributed by atoms with Crippen LogP contribution in [0.15, 0.2) is 11.0 Å². The number of aryl methyl sites for hydroxylation is 2. The van der Waals surface area contributed by atoms with E-state index >= 15 is 0 Å². The molecule has 0 bridgehead atoms. The monoisotopic (exact) mass is 386 g/mol. The lowest BCUT2D eigenvalue weighted by atomic mass is 10.1. The number of aromatic nitrogens is 4. The Labute approximate surface area is 132 Å². The average molecular weight is 386 g/mol. The smallest absolute Gasteiger partial charge is 0.264 e. The predicted molar refractivity (Wildman–Crippen MR) is 87.7 cm³/mol. The van der Waals surface area contributed by atoms with Crippen LogP contribution in [0, 0.1) is 9.49 Å². The van der Waals surface area contributed by atoms with Crippen molar-refractivity contribution in [3.63, 3.8) is 0 Å². The highest BCUT2D eigenvalue weighted by Gasteiger charge is 2.15. The van der Waals surface area contributed by atoms with Crippen molar-refractivity contribution in [2.75, 3.05) is 0 Å². The number of H-pyrrole nitrogens is 1. The van der Waals surface area contributed by atoms with Crippen molar-refractivity contribution in [2.24, 2.45) is 13.0 Å². The normalized spacial score (nSPS) is 11.3. The maximum Gasteiger partial charge on any atom is 0.264 e. The van der Waals surface area contributed by atoms with E-state index in [1.165, 1.54) is 0 Å². The third-order valence-corrected chi connectivity index (χ3v) is 4.14. The SMILES string of the molecule is CCc1nn(C)cc1-c1nc(CC(C)C)c(I)c(=O)[nH]1. The molecule has 2 heterocycles. The number of nitrogens with one attached hydrogen (secondary N) is 1. The molecule has 2 rings (SSSR count). The lowest BCUT2D eigenvalue weighted by Crippen LogP contribution is -2.17. The van der Waals surface area contributed by atoms with Crippen LogP contribution in [0.2, 0.25) is 0 Å². The molecule has 0 aliphatic heterocycles. The Morgan fingerprint density at radius 2 is 2.10 bits per heavy atom. The summed E-state index contributed by atoms with van der Waals surface area (Å²) in [5, 5.41) is 4.40. The maximum atomic E-state index is 12.1. The second-order valence-corrected chi connectivity index (χ2v) is 6.37. The van der Waals surface area contributed by atoms with Gasteiger partial charge in [-0.3, -0.25) is 9.48 Å². The molecule has 108 valence electrons. The molecule has 0 aliphatic carbocycles. The standard InChI is InChI=1S/C14H19IN4O/c1-5-10-9(7-19(4)18-10)13-16-11(6-8(2)3)12(15)14(20)17-13/h7-8H,5-6H2,1-4H3,(H,16,17,20). The molecule has 0 unspecified atom stereocenters. The van der Waals surface area contributed by atoms with Crippen LogP contribution < -0.4 is 5.56 Å². The van der Waals surface area contributed by atoms with Gasteiger partial charge in [0.05, 0.1) is 20.5 Å². The van der Waals surface area contributed by atoms with Crippen molar-refractivity contribution in [3.8, 4) is 11.4 Å². The van der Waals surface area contributed by atoms with Gasteiger partial charge < -0.3 is 4.98 Å². The topological polar surface area (TPSA) is 63.6 Å². The van der Waals surface area contributed by atoms with Gasteiger partial charge in [-0.2, -0.15) is 5.10 Å². The Balaban J connectivity index is 2.57. The van der Waals surface area contributed by atoms with Crippen molar-refractivity contribution in [3.05, 3.63) is 31.5 Å². The van der Waals surface area contributed by atoms with E-state index in [0.29, 0.717) is 15.3 Å². The van der Waals surface area contributed by atoms with Gasteiger partial charge in [-0.25, -0.2) is 4.98 Å². The van der Waals surface area contributed by atoms with Gasteiger partial charge in [0.25, 0.3) is 5.56 Å². The molecule has 0 saturated carbocycles. The molecule has 0 amide bonds. The zero-order valence-corrected chi connectivity index (χ0v) is 14.4. The summed E-state index contributed by atoms with van der Waals surface area (Å²) in [5.41, 5.74) is 2.66. The third kappa shape index (κ3) is 3.11. The molecule has 0 saturated heterocycles. The zero-order valence-electron chi connectivity index (χ0n) is 12.2. The van der Waals surface area contributed by atoms with E-state index in [1.54, 1.807) is 4.68 Å². The molecule has 0 aromatic carbocycles. The Bertz CT molecular complexity index is 672. The van der Waals surface area contributed by atoms with E-state index in [1.807, 2.05) is 20.2 Å². The number of rotatable bonds is 4. The summed E-state index contributed by atoms with van der Waals surface area (Å²) in [5.74, 6) is 1.08. The summed E-state index contributed by atoms with van der Waals surface area (Å²) in [6, 6.07) is 0. The van der Waals surface area contributed by atoms with E-state index < -0.39 is 0 Å². The highest BCUT2D eigenvalue weighted by molar-refractivity contribution is 14.1. The molecule has 5 nitrogen and oxygen atoms in total. The van der Waals surface area contributed by atoms with Crippen molar-refractivity contribution in [2.45, 2.75) is 33.6 Å². The van der Waals surface area contributed by atoms with Crippen LogP contribution >= 0.6 is 22.6 Å². The van der Waals surface area contributed by atoms with Crippen LogP contribution in [0.5, 0.6) is 0 Å². The fourth-order valence-corrected chi connectivity index (χ4v) is 2.62. The Hall–Kier alpha value is -1.18. The Kier molecular flexibility index (Phi) is 4.62. The number of aromatic amines is 1. The lowest BCUT2D eigenvalue weighted by molar-refractivity contribution is 0.631. The molecular weight excluding hydrogens is 367 g/mol. The van der Waals surface area contributed by atoms with E-state index in [2.05, 4.69) is 51.5 Å². The van der Waals surface area contributed by atoms with Gasteiger partial charge in [0.2, 0.25) is 0 Å². The van der Waals surface area contributed by atoms with Gasteiger partial charge in [-0.05, 0) is 41.4 Å². The molecule has 0 aliphatic rings. The molecule has 1 N–H and O–H groups in total. The largest absolute Gasteiger partial charge is 0.305 e. The van der Waals surface area contributed by atoms with Crippen molar-refractivity contribution in [1.29, 1.82) is 0 Å². The van der Waals surface area contributed by atoms with E-state index in [0.717, 1.165) is 29.8 Å². The van der Waals surface area contributed by atoms with Crippen molar-refractivity contribution in [1.82, 2.24) is 19.7 Å². The van der Waals surface area contributed by atoms with Gasteiger partial charge in [-0.1, -0.05) is 20.8 Å². The first-order valence-electron chi connectivity index (χ1n) is 6.74. The van der Waals surface area contributed by atoms with Gasteiger partial charge in [0.1, 0.15) is 5.82 Å². The van der Waals surface area contributed by atoms with Gasteiger partial charge >= 0.3 is 0 Å². The minimum atomic E-state index is -0.0721. The Morgan fingerprint density at radius 1 is 1.40 bits per heavy atom. The van der Waals surface area contributed by atoms with Gasteiger partial charge in [-0.15, -0.1) is 0 Å². The highest BCUT2D eigenvalue weighted by Crippen LogP contribution is 2.20. The van der Waals surface area contributed by atoms with Crippen LogP contribution in [-0.4, -0.2) is 19.7 Å². The molecule has 0 radical (unpaired) electrons. The summed E-state index contributed by atoms with van der Waals surface area (Å²) in [4.78, 5) is 19.6. The third-order valence-electron chi connectivity index (χ3n) is 3.03. The summed E-state index contributed by atoms with van der Waals surface area (Å²) in [6.07, 6.45) is 3.52. The second kappa shape index (κ2) is 6.07. The summed E-state index contributed by atoms with van der Waals surface area (Å²) in [7, 11) is 1.88. The zero-order chi connectivity index (χ0) is 14.9. The molecule has 2 aromatic rings. The van der Waals surface area contributed by atoms with Crippen LogP contribution in [-0.2, 0) is 19.9 Å². The molecule has 6 heteroatoms. The summed E-state index contributed by atoms with van der Waals surface area (Å²) >= 11 is 2.07. The molecule has 2 aromatic heterocycles. The number of hydrogen-bond donors (Lipinski definition) is 1. The molecule has 0 fully saturated rings. The summed E-state index contributed by atoms with van der Waals surface area (Å²) in [6.45, 7) is 6.30. The van der Waals surface area contributed by atoms with Crippen molar-refractivity contribution < 1.29 is 0 Å². The molecular formula is C14H19IN4O. The average Bonchev–Trinajstić information content (AvgIpc) is 2.75. The quantitative estimate of drug-likeness (QED) is 0.822. The predicted octanol–water partition coefficient (Wildman–Crippen LogP) is 2.54. The van der Waals surface area contributed by atoms with E-state index in [4.69, 9.17) is 0 Å². The second-order valence-electron chi connectivity index (χ2n) is 5.29. The molecule has 20 heavy (non-hydrogen) atoms. The maximum absolute atomic E-state index is 12.1. The van der Waals surface area contributed by atoms with Gasteiger partial charge in [0.15, 0.2) is 0 Å². The van der Waals surface area contributed by atoms with E-state index in [-0.39, 0.29) is 5.56 Å². The van der Waals surface area contributed by atoms with Gasteiger partial charge in [0, 0.05) is 13.2 Å². The highest BCUT2D eigenvalue weighted by atomic mass is 127. The first kappa shape index (κ1) is 15.2. The lowest BCUT2D eigenvalue weighted by Gasteiger charge is -2.08. The number of halogens is 1. The van der Waals surface area contributed by atoms with Crippen LogP contribution in [0.3, 0.4) is 0 Å². The van der Waals surface area contributed by atoms with E-state index in [9.17, 15) is 4.79 Å². The van der Waals surface area contributed by atoms with Crippen LogP contribution in [0.25, 0.3) is 11.4 Å². The van der Waals surface area contributed by atoms with Crippen LogP contribution in [0.1, 0.15) is 32.2 Å². The first-order valence-corrected chi connectivity index (χ1v) is 7.81. The minimum Gasteiger partial charge on any atom is -0.305 e.